The molecule has 1 saturated carbocycles. The SMILES string of the molecule is COC(=O)C(O)CC1CC(F)(F)C1. The van der Waals surface area contributed by atoms with Gasteiger partial charge in [0.2, 0.25) is 5.92 Å². The van der Waals surface area contributed by atoms with Gasteiger partial charge in [-0.3, -0.25) is 0 Å². The van der Waals surface area contributed by atoms with Gasteiger partial charge in [-0.25, -0.2) is 13.6 Å². The largest absolute Gasteiger partial charge is 0.467 e. The van der Waals surface area contributed by atoms with E-state index < -0.39 is 18.0 Å². The van der Waals surface area contributed by atoms with Crippen molar-refractivity contribution in [3.63, 3.8) is 0 Å². The van der Waals surface area contributed by atoms with E-state index in [4.69, 9.17) is 5.11 Å². The van der Waals surface area contributed by atoms with E-state index in [-0.39, 0.29) is 25.2 Å². The van der Waals surface area contributed by atoms with Crippen LogP contribution < -0.4 is 0 Å². The van der Waals surface area contributed by atoms with Crippen LogP contribution in [0.25, 0.3) is 0 Å². The third-order valence-corrected chi connectivity index (χ3v) is 2.20. The van der Waals surface area contributed by atoms with Crippen LogP contribution in [0, 0.1) is 5.92 Å². The lowest BCUT2D eigenvalue weighted by Gasteiger charge is -2.35. The molecule has 0 radical (unpaired) electrons. The molecule has 76 valence electrons. The van der Waals surface area contributed by atoms with E-state index in [9.17, 15) is 13.6 Å². The fourth-order valence-electron chi connectivity index (χ4n) is 1.50. The van der Waals surface area contributed by atoms with Crippen LogP contribution in [0.3, 0.4) is 0 Å². The Labute approximate surface area is 74.7 Å². The van der Waals surface area contributed by atoms with Gasteiger partial charge in [-0.15, -0.1) is 0 Å². The summed E-state index contributed by atoms with van der Waals surface area (Å²) >= 11 is 0. The zero-order valence-corrected chi connectivity index (χ0v) is 7.30. The molecule has 0 amide bonds. The second-order valence-electron chi connectivity index (χ2n) is 3.40. The minimum atomic E-state index is -2.60. The van der Waals surface area contributed by atoms with Crippen molar-refractivity contribution >= 4 is 5.97 Å². The van der Waals surface area contributed by atoms with E-state index in [2.05, 4.69) is 4.74 Å². The van der Waals surface area contributed by atoms with Gasteiger partial charge in [-0.2, -0.15) is 0 Å². The number of hydrogen-bond donors (Lipinski definition) is 1. The van der Waals surface area contributed by atoms with Gasteiger partial charge in [-0.1, -0.05) is 0 Å². The Hall–Kier alpha value is -0.710. The van der Waals surface area contributed by atoms with Gasteiger partial charge in [0, 0.05) is 12.8 Å². The first-order valence-electron chi connectivity index (χ1n) is 4.08. The van der Waals surface area contributed by atoms with E-state index in [0.29, 0.717) is 0 Å². The number of halogens is 2. The maximum Gasteiger partial charge on any atom is 0.334 e. The molecule has 5 heteroatoms. The summed E-state index contributed by atoms with van der Waals surface area (Å²) in [6.45, 7) is 0. The number of hydrogen-bond acceptors (Lipinski definition) is 3. The smallest absolute Gasteiger partial charge is 0.334 e. The van der Waals surface area contributed by atoms with E-state index in [0.717, 1.165) is 7.11 Å². The predicted molar refractivity (Wildman–Crippen MR) is 40.3 cm³/mol. The molecule has 0 spiro atoms. The summed E-state index contributed by atoms with van der Waals surface area (Å²) in [4.78, 5) is 10.7. The summed E-state index contributed by atoms with van der Waals surface area (Å²) < 4.78 is 28.9. The van der Waals surface area contributed by atoms with Crippen LogP contribution in [0.4, 0.5) is 8.78 Å². The normalized spacial score (nSPS) is 23.4. The molecule has 1 N–H and O–H groups in total. The molecule has 3 nitrogen and oxygen atoms in total. The molecule has 13 heavy (non-hydrogen) atoms. The first kappa shape index (κ1) is 10.4. The van der Waals surface area contributed by atoms with Crippen LogP contribution in [0.15, 0.2) is 0 Å². The van der Waals surface area contributed by atoms with Gasteiger partial charge in [0.25, 0.3) is 0 Å². The molecule has 1 aliphatic carbocycles. The standard InChI is InChI=1S/C8H12F2O3/c1-13-7(12)6(11)2-5-3-8(9,10)4-5/h5-6,11H,2-4H2,1H3. The summed E-state index contributed by atoms with van der Waals surface area (Å²) in [7, 11) is 1.15. The minimum absolute atomic E-state index is 0.0717. The van der Waals surface area contributed by atoms with Crippen molar-refractivity contribution in [2.45, 2.75) is 31.3 Å². The van der Waals surface area contributed by atoms with Crippen molar-refractivity contribution < 1.29 is 23.4 Å². The predicted octanol–water partition coefficient (Wildman–Crippen LogP) is 0.956. The number of methoxy groups -OCH3 is 1. The summed E-state index contributed by atoms with van der Waals surface area (Å²) in [6.07, 6.45) is -1.66. The van der Waals surface area contributed by atoms with E-state index in [1.165, 1.54) is 0 Å². The number of alkyl halides is 2. The number of esters is 1. The second kappa shape index (κ2) is 3.57. The Bertz CT molecular complexity index is 198. The topological polar surface area (TPSA) is 46.5 Å². The van der Waals surface area contributed by atoms with Gasteiger partial charge in [0.15, 0.2) is 6.10 Å². The monoisotopic (exact) mass is 194 g/mol. The lowest BCUT2D eigenvalue weighted by atomic mass is 9.78. The Balaban J connectivity index is 2.24. The van der Waals surface area contributed by atoms with E-state index >= 15 is 0 Å². The Morgan fingerprint density at radius 1 is 1.69 bits per heavy atom. The number of carbonyl (C=O) groups excluding carboxylic acids is 1. The number of ether oxygens (including phenoxy) is 1. The number of aliphatic hydroxyl groups excluding tert-OH is 1. The third kappa shape index (κ3) is 2.62. The van der Waals surface area contributed by atoms with Gasteiger partial charge >= 0.3 is 5.97 Å². The van der Waals surface area contributed by atoms with Crippen LogP contribution in [0.2, 0.25) is 0 Å². The molecule has 0 saturated heterocycles. The molecule has 1 unspecified atom stereocenters. The van der Waals surface area contributed by atoms with Gasteiger partial charge in [0.05, 0.1) is 7.11 Å². The molecular formula is C8H12F2O3. The second-order valence-corrected chi connectivity index (χ2v) is 3.40. The fraction of sp³-hybridized carbons (Fsp3) is 0.875. The first-order chi connectivity index (χ1) is 5.94. The highest BCUT2D eigenvalue weighted by molar-refractivity contribution is 5.74. The van der Waals surface area contributed by atoms with Crippen LogP contribution in [0.1, 0.15) is 19.3 Å². The molecule has 0 aromatic rings. The van der Waals surface area contributed by atoms with Crippen LogP contribution in [0.5, 0.6) is 0 Å². The van der Waals surface area contributed by atoms with Crippen LogP contribution in [-0.2, 0) is 9.53 Å². The highest BCUT2D eigenvalue weighted by Crippen LogP contribution is 2.44. The maximum absolute atomic E-state index is 12.3. The molecule has 1 fully saturated rings. The van der Waals surface area contributed by atoms with Crippen molar-refractivity contribution in [1.82, 2.24) is 0 Å². The Kier molecular flexibility index (Phi) is 2.85. The molecule has 0 aliphatic heterocycles. The zero-order valence-electron chi connectivity index (χ0n) is 7.30. The first-order valence-corrected chi connectivity index (χ1v) is 4.08. The van der Waals surface area contributed by atoms with Crippen LogP contribution >= 0.6 is 0 Å². The average molecular weight is 194 g/mol. The summed E-state index contributed by atoms with van der Waals surface area (Å²) in [5, 5.41) is 9.10. The molecule has 0 heterocycles. The Morgan fingerprint density at radius 3 is 2.62 bits per heavy atom. The lowest BCUT2D eigenvalue weighted by molar-refractivity contribution is -0.156. The number of carbonyl (C=O) groups is 1. The Morgan fingerprint density at radius 2 is 2.23 bits per heavy atom. The molecule has 0 aromatic carbocycles. The highest BCUT2D eigenvalue weighted by atomic mass is 19.3. The lowest BCUT2D eigenvalue weighted by Crippen LogP contribution is -2.38. The maximum atomic E-state index is 12.3. The molecular weight excluding hydrogens is 182 g/mol. The minimum Gasteiger partial charge on any atom is -0.467 e. The molecule has 0 aromatic heterocycles. The number of rotatable bonds is 3. The van der Waals surface area contributed by atoms with Crippen LogP contribution in [-0.4, -0.2) is 30.2 Å². The summed E-state index contributed by atoms with van der Waals surface area (Å²) in [5.74, 6) is -3.61. The quantitative estimate of drug-likeness (QED) is 0.680. The highest BCUT2D eigenvalue weighted by Gasteiger charge is 2.46. The number of aliphatic hydroxyl groups is 1. The van der Waals surface area contributed by atoms with Crippen molar-refractivity contribution in [3.05, 3.63) is 0 Å². The van der Waals surface area contributed by atoms with Gasteiger partial charge in [0.1, 0.15) is 0 Å². The van der Waals surface area contributed by atoms with E-state index in [1.807, 2.05) is 0 Å². The van der Waals surface area contributed by atoms with Crippen molar-refractivity contribution in [2.75, 3.05) is 7.11 Å². The summed E-state index contributed by atoms with van der Waals surface area (Å²) in [6, 6.07) is 0. The summed E-state index contributed by atoms with van der Waals surface area (Å²) in [5.41, 5.74) is 0. The van der Waals surface area contributed by atoms with Gasteiger partial charge < -0.3 is 9.84 Å². The van der Waals surface area contributed by atoms with Crippen molar-refractivity contribution in [3.8, 4) is 0 Å². The van der Waals surface area contributed by atoms with Crippen molar-refractivity contribution in [2.24, 2.45) is 5.92 Å². The van der Waals surface area contributed by atoms with E-state index in [1.54, 1.807) is 0 Å². The van der Waals surface area contributed by atoms with Gasteiger partial charge in [-0.05, 0) is 12.3 Å². The average Bonchev–Trinajstić information content (AvgIpc) is 1.99. The third-order valence-electron chi connectivity index (χ3n) is 2.20. The molecule has 1 aliphatic rings. The zero-order chi connectivity index (χ0) is 10.1. The molecule has 1 rings (SSSR count). The van der Waals surface area contributed by atoms with Crippen molar-refractivity contribution in [1.29, 1.82) is 0 Å². The fourth-order valence-corrected chi connectivity index (χ4v) is 1.50. The molecule has 1 atom stereocenters. The molecule has 0 bridgehead atoms.